The Morgan fingerprint density at radius 2 is 1.15 bits per heavy atom. The van der Waals surface area contributed by atoms with Gasteiger partial charge in [0.05, 0.1) is 0 Å². The smallest absolute Gasteiger partial charge is 0.0254 e. The van der Waals surface area contributed by atoms with Crippen LogP contribution < -0.4 is 0 Å². The lowest BCUT2D eigenvalue weighted by atomic mass is 9.94. The van der Waals surface area contributed by atoms with E-state index in [0.717, 1.165) is 4.47 Å². The zero-order chi connectivity index (χ0) is 18.2. The standard InChI is InChI=1S/C26H17Br/c27-26-15-14-23(24-10-3-4-11-25(24)26)22-9-5-8-20(17-22)21-13-12-18-6-1-2-7-19(18)16-21/h1-17H. The van der Waals surface area contributed by atoms with E-state index in [-0.39, 0.29) is 0 Å². The fourth-order valence-corrected chi connectivity index (χ4v) is 4.23. The van der Waals surface area contributed by atoms with Crippen molar-refractivity contribution in [1.29, 1.82) is 0 Å². The summed E-state index contributed by atoms with van der Waals surface area (Å²) in [5.74, 6) is 0. The molecule has 0 unspecified atom stereocenters. The molecule has 0 aliphatic rings. The Bertz CT molecular complexity index is 1280. The highest BCUT2D eigenvalue weighted by Crippen LogP contribution is 2.35. The van der Waals surface area contributed by atoms with E-state index in [2.05, 4.69) is 119 Å². The first-order valence-corrected chi connectivity index (χ1v) is 9.86. The summed E-state index contributed by atoms with van der Waals surface area (Å²) in [5.41, 5.74) is 4.99. The largest absolute Gasteiger partial charge is 0.0616 e. The second-order valence-electron chi connectivity index (χ2n) is 6.78. The second kappa shape index (κ2) is 6.68. The number of rotatable bonds is 2. The molecule has 27 heavy (non-hydrogen) atoms. The monoisotopic (exact) mass is 408 g/mol. The van der Waals surface area contributed by atoms with Crippen LogP contribution in [0, 0.1) is 0 Å². The third-order valence-corrected chi connectivity index (χ3v) is 5.82. The van der Waals surface area contributed by atoms with Crippen LogP contribution in [0.4, 0.5) is 0 Å². The number of benzene rings is 5. The van der Waals surface area contributed by atoms with Gasteiger partial charge in [-0.3, -0.25) is 0 Å². The highest BCUT2D eigenvalue weighted by molar-refractivity contribution is 9.10. The van der Waals surface area contributed by atoms with Crippen molar-refractivity contribution in [2.75, 3.05) is 0 Å². The fraction of sp³-hybridized carbons (Fsp3) is 0. The van der Waals surface area contributed by atoms with Crippen LogP contribution in [0.3, 0.4) is 0 Å². The molecule has 0 bridgehead atoms. The molecule has 0 nitrogen and oxygen atoms in total. The van der Waals surface area contributed by atoms with Crippen LogP contribution in [0.5, 0.6) is 0 Å². The van der Waals surface area contributed by atoms with E-state index in [1.54, 1.807) is 0 Å². The van der Waals surface area contributed by atoms with Crippen LogP contribution in [0.1, 0.15) is 0 Å². The third kappa shape index (κ3) is 2.94. The van der Waals surface area contributed by atoms with Crippen molar-refractivity contribution in [3.63, 3.8) is 0 Å². The lowest BCUT2D eigenvalue weighted by Crippen LogP contribution is -1.85. The summed E-state index contributed by atoms with van der Waals surface area (Å²) in [5, 5.41) is 5.06. The molecule has 0 amide bonds. The maximum absolute atomic E-state index is 3.68. The molecule has 128 valence electrons. The van der Waals surface area contributed by atoms with Gasteiger partial charge in [0.15, 0.2) is 0 Å². The van der Waals surface area contributed by atoms with Crippen LogP contribution in [0.25, 0.3) is 43.8 Å². The molecule has 5 rings (SSSR count). The molecule has 0 radical (unpaired) electrons. The summed E-state index contributed by atoms with van der Waals surface area (Å²) < 4.78 is 1.13. The van der Waals surface area contributed by atoms with Crippen molar-refractivity contribution in [2.45, 2.75) is 0 Å². The first-order chi connectivity index (χ1) is 13.3. The molecular weight excluding hydrogens is 392 g/mol. The van der Waals surface area contributed by atoms with Crippen LogP contribution >= 0.6 is 15.9 Å². The average Bonchev–Trinajstić information content (AvgIpc) is 2.74. The van der Waals surface area contributed by atoms with Crippen molar-refractivity contribution in [1.82, 2.24) is 0 Å². The number of halogens is 1. The molecule has 5 aromatic carbocycles. The van der Waals surface area contributed by atoms with Gasteiger partial charge in [0, 0.05) is 4.47 Å². The van der Waals surface area contributed by atoms with Crippen molar-refractivity contribution < 1.29 is 0 Å². The minimum absolute atomic E-state index is 1.13. The van der Waals surface area contributed by atoms with E-state index in [9.17, 15) is 0 Å². The quantitative estimate of drug-likeness (QED) is 0.276. The van der Waals surface area contributed by atoms with Gasteiger partial charge in [0.25, 0.3) is 0 Å². The Labute approximate surface area is 167 Å². The van der Waals surface area contributed by atoms with Gasteiger partial charge in [-0.2, -0.15) is 0 Å². The summed E-state index contributed by atoms with van der Waals surface area (Å²) in [6, 6.07) is 36.9. The van der Waals surface area contributed by atoms with E-state index in [0.29, 0.717) is 0 Å². The molecule has 0 aromatic heterocycles. The van der Waals surface area contributed by atoms with Gasteiger partial charge in [-0.15, -0.1) is 0 Å². The molecule has 0 heterocycles. The van der Waals surface area contributed by atoms with Crippen LogP contribution in [0.2, 0.25) is 0 Å². The van der Waals surface area contributed by atoms with Gasteiger partial charge >= 0.3 is 0 Å². The van der Waals surface area contributed by atoms with Crippen LogP contribution in [-0.4, -0.2) is 0 Å². The maximum Gasteiger partial charge on any atom is 0.0254 e. The predicted molar refractivity (Wildman–Crippen MR) is 120 cm³/mol. The Morgan fingerprint density at radius 3 is 2.04 bits per heavy atom. The number of hydrogen-bond acceptors (Lipinski definition) is 0. The van der Waals surface area contributed by atoms with E-state index < -0.39 is 0 Å². The van der Waals surface area contributed by atoms with Crippen molar-refractivity contribution in [3.8, 4) is 22.3 Å². The maximum atomic E-state index is 3.68. The zero-order valence-corrected chi connectivity index (χ0v) is 16.3. The highest BCUT2D eigenvalue weighted by Gasteiger charge is 2.08. The van der Waals surface area contributed by atoms with Gasteiger partial charge in [0.1, 0.15) is 0 Å². The summed E-state index contributed by atoms with van der Waals surface area (Å²) in [6.07, 6.45) is 0. The molecule has 0 saturated carbocycles. The molecule has 0 saturated heterocycles. The summed E-state index contributed by atoms with van der Waals surface area (Å²) in [6.45, 7) is 0. The van der Waals surface area contributed by atoms with Gasteiger partial charge in [0.2, 0.25) is 0 Å². The fourth-order valence-electron chi connectivity index (χ4n) is 3.75. The molecule has 0 N–H and O–H groups in total. The Hall–Kier alpha value is -2.90. The molecule has 0 fully saturated rings. The number of fused-ring (bicyclic) bond motifs is 2. The van der Waals surface area contributed by atoms with E-state index in [4.69, 9.17) is 0 Å². The molecule has 5 aromatic rings. The zero-order valence-electron chi connectivity index (χ0n) is 14.7. The van der Waals surface area contributed by atoms with Crippen molar-refractivity contribution >= 4 is 37.5 Å². The lowest BCUT2D eigenvalue weighted by Gasteiger charge is -2.11. The minimum Gasteiger partial charge on any atom is -0.0616 e. The Morgan fingerprint density at radius 1 is 0.444 bits per heavy atom. The van der Waals surface area contributed by atoms with Crippen molar-refractivity contribution in [3.05, 3.63) is 108 Å². The molecule has 0 aliphatic carbocycles. The van der Waals surface area contributed by atoms with E-state index in [1.165, 1.54) is 43.8 Å². The van der Waals surface area contributed by atoms with Gasteiger partial charge in [-0.1, -0.05) is 101 Å². The van der Waals surface area contributed by atoms with Gasteiger partial charge < -0.3 is 0 Å². The predicted octanol–water partition coefficient (Wildman–Crippen LogP) is 8.09. The second-order valence-corrected chi connectivity index (χ2v) is 7.64. The molecule has 0 atom stereocenters. The molecular formula is C26H17Br. The first-order valence-electron chi connectivity index (χ1n) is 9.06. The van der Waals surface area contributed by atoms with E-state index in [1.807, 2.05) is 0 Å². The first kappa shape index (κ1) is 16.3. The highest BCUT2D eigenvalue weighted by atomic mass is 79.9. The SMILES string of the molecule is Brc1ccc(-c2cccc(-c3ccc4ccccc4c3)c2)c2ccccc12. The summed E-state index contributed by atoms with van der Waals surface area (Å²) >= 11 is 3.68. The topological polar surface area (TPSA) is 0 Å². The summed E-state index contributed by atoms with van der Waals surface area (Å²) in [4.78, 5) is 0. The van der Waals surface area contributed by atoms with Crippen LogP contribution in [-0.2, 0) is 0 Å². The molecule has 0 aliphatic heterocycles. The third-order valence-electron chi connectivity index (χ3n) is 5.13. The number of hydrogen-bond donors (Lipinski definition) is 0. The Kier molecular flexibility index (Phi) is 4.03. The molecule has 0 spiro atoms. The normalized spacial score (nSPS) is 11.1. The summed E-state index contributed by atoms with van der Waals surface area (Å²) in [7, 11) is 0. The van der Waals surface area contributed by atoms with E-state index >= 15 is 0 Å². The minimum atomic E-state index is 1.13. The van der Waals surface area contributed by atoms with Gasteiger partial charge in [-0.25, -0.2) is 0 Å². The average molecular weight is 409 g/mol. The molecule has 1 heteroatoms. The van der Waals surface area contributed by atoms with Gasteiger partial charge in [-0.05, 0) is 62.0 Å². The Balaban J connectivity index is 1.67. The lowest BCUT2D eigenvalue weighted by molar-refractivity contribution is 1.61. The van der Waals surface area contributed by atoms with Crippen LogP contribution in [0.15, 0.2) is 108 Å². The van der Waals surface area contributed by atoms with Crippen molar-refractivity contribution in [2.24, 2.45) is 0 Å².